The molecule has 0 saturated heterocycles. The second-order valence-electron chi connectivity index (χ2n) is 5.03. The predicted octanol–water partition coefficient (Wildman–Crippen LogP) is 3.24. The Morgan fingerprint density at radius 3 is 2.74 bits per heavy atom. The van der Waals surface area contributed by atoms with Crippen molar-refractivity contribution in [1.82, 2.24) is 4.98 Å². The van der Waals surface area contributed by atoms with E-state index in [1.54, 1.807) is 30.5 Å². The van der Waals surface area contributed by atoms with Gasteiger partial charge in [0.15, 0.2) is 0 Å². The normalized spacial score (nSPS) is 10.9. The molecule has 5 nitrogen and oxygen atoms in total. The van der Waals surface area contributed by atoms with E-state index in [1.807, 2.05) is 7.05 Å². The molecule has 0 N–H and O–H groups in total. The zero-order chi connectivity index (χ0) is 14.0. The van der Waals surface area contributed by atoms with Gasteiger partial charge < -0.3 is 4.90 Å². The lowest BCUT2D eigenvalue weighted by Gasteiger charge is -2.22. The molecule has 1 aromatic heterocycles. The van der Waals surface area contributed by atoms with E-state index in [0.29, 0.717) is 16.8 Å². The van der Waals surface area contributed by atoms with E-state index in [0.717, 1.165) is 12.2 Å². The van der Waals surface area contributed by atoms with E-state index >= 15 is 0 Å². The molecule has 0 radical (unpaired) electrons. The molecule has 0 saturated carbocycles. The molecule has 0 atom stereocenters. The highest BCUT2D eigenvalue weighted by atomic mass is 16.6. The summed E-state index contributed by atoms with van der Waals surface area (Å²) in [6.07, 6.45) is 1.67. The van der Waals surface area contributed by atoms with Crippen LogP contribution in [0.2, 0.25) is 0 Å². The number of hydrogen-bond acceptors (Lipinski definition) is 4. The number of benzene rings is 1. The van der Waals surface area contributed by atoms with E-state index in [-0.39, 0.29) is 10.6 Å². The first-order valence-corrected chi connectivity index (χ1v) is 6.24. The fourth-order valence-electron chi connectivity index (χ4n) is 2.26. The summed E-state index contributed by atoms with van der Waals surface area (Å²) in [6.45, 7) is 5.15. The first-order valence-electron chi connectivity index (χ1n) is 6.24. The Morgan fingerprint density at radius 1 is 1.37 bits per heavy atom. The summed E-state index contributed by atoms with van der Waals surface area (Å²) in [5.74, 6) is 0.513. The van der Waals surface area contributed by atoms with E-state index in [2.05, 4.69) is 23.7 Å². The third kappa shape index (κ3) is 2.65. The molecule has 1 heterocycles. The van der Waals surface area contributed by atoms with Crippen LogP contribution in [-0.2, 0) is 0 Å². The van der Waals surface area contributed by atoms with Gasteiger partial charge in [0.05, 0.1) is 16.0 Å². The molecule has 0 aliphatic rings. The van der Waals surface area contributed by atoms with Crippen molar-refractivity contribution in [2.24, 2.45) is 5.92 Å². The maximum absolute atomic E-state index is 11.0. The van der Waals surface area contributed by atoms with Gasteiger partial charge >= 0.3 is 0 Å². The largest absolute Gasteiger partial charge is 0.373 e. The number of hydrogen-bond donors (Lipinski definition) is 0. The number of aromatic nitrogens is 1. The van der Waals surface area contributed by atoms with Crippen molar-refractivity contribution < 1.29 is 4.92 Å². The average molecular weight is 259 g/mol. The Labute approximate surface area is 112 Å². The van der Waals surface area contributed by atoms with Crippen LogP contribution in [0.4, 0.5) is 11.4 Å². The minimum Gasteiger partial charge on any atom is -0.373 e. The summed E-state index contributed by atoms with van der Waals surface area (Å²) in [7, 11) is 1.98. The van der Waals surface area contributed by atoms with Crippen molar-refractivity contribution >= 4 is 22.3 Å². The topological polar surface area (TPSA) is 59.3 Å². The quantitative estimate of drug-likeness (QED) is 0.624. The Kier molecular flexibility index (Phi) is 3.64. The Balaban J connectivity index is 2.58. The fraction of sp³-hybridized carbons (Fsp3) is 0.357. The average Bonchev–Trinajstić information content (AvgIpc) is 2.36. The molecule has 0 aliphatic carbocycles. The van der Waals surface area contributed by atoms with Crippen LogP contribution in [0.25, 0.3) is 10.9 Å². The third-order valence-corrected chi connectivity index (χ3v) is 2.97. The lowest BCUT2D eigenvalue weighted by Crippen LogP contribution is -2.22. The lowest BCUT2D eigenvalue weighted by atomic mass is 10.1. The number of nitro groups is 1. The van der Waals surface area contributed by atoms with Crippen molar-refractivity contribution in [1.29, 1.82) is 0 Å². The Bertz CT molecular complexity index is 611. The summed E-state index contributed by atoms with van der Waals surface area (Å²) in [5, 5.41) is 11.6. The fourth-order valence-corrected chi connectivity index (χ4v) is 2.26. The van der Waals surface area contributed by atoms with Crippen LogP contribution in [0.15, 0.2) is 30.5 Å². The van der Waals surface area contributed by atoms with Gasteiger partial charge in [-0.25, -0.2) is 0 Å². The Hall–Kier alpha value is -2.17. The number of pyridine rings is 1. The van der Waals surface area contributed by atoms with Crippen LogP contribution in [0.1, 0.15) is 13.8 Å². The van der Waals surface area contributed by atoms with Crippen molar-refractivity contribution in [2.75, 3.05) is 18.5 Å². The highest BCUT2D eigenvalue weighted by Gasteiger charge is 2.17. The monoisotopic (exact) mass is 259 g/mol. The van der Waals surface area contributed by atoms with Gasteiger partial charge in [0, 0.05) is 25.9 Å². The molecular weight excluding hydrogens is 242 g/mol. The van der Waals surface area contributed by atoms with Gasteiger partial charge in [-0.05, 0) is 24.1 Å². The summed E-state index contributed by atoms with van der Waals surface area (Å²) >= 11 is 0. The van der Waals surface area contributed by atoms with Gasteiger partial charge in [0.2, 0.25) is 0 Å². The minimum atomic E-state index is -0.365. The van der Waals surface area contributed by atoms with Gasteiger partial charge in [-0.15, -0.1) is 0 Å². The van der Waals surface area contributed by atoms with Crippen molar-refractivity contribution in [3.63, 3.8) is 0 Å². The van der Waals surface area contributed by atoms with E-state index in [9.17, 15) is 10.1 Å². The molecule has 2 aromatic rings. The van der Waals surface area contributed by atoms with Gasteiger partial charge in [0.1, 0.15) is 5.52 Å². The molecule has 0 amide bonds. The highest BCUT2D eigenvalue weighted by Crippen LogP contribution is 2.31. The molecule has 19 heavy (non-hydrogen) atoms. The third-order valence-electron chi connectivity index (χ3n) is 2.97. The maximum Gasteiger partial charge on any atom is 0.278 e. The van der Waals surface area contributed by atoms with Gasteiger partial charge in [0.25, 0.3) is 5.69 Å². The van der Waals surface area contributed by atoms with Gasteiger partial charge in [-0.1, -0.05) is 13.8 Å². The van der Waals surface area contributed by atoms with Crippen LogP contribution < -0.4 is 4.90 Å². The van der Waals surface area contributed by atoms with E-state index in [1.165, 1.54) is 0 Å². The van der Waals surface area contributed by atoms with Crippen LogP contribution >= 0.6 is 0 Å². The van der Waals surface area contributed by atoms with Crippen molar-refractivity contribution in [2.45, 2.75) is 13.8 Å². The smallest absolute Gasteiger partial charge is 0.278 e. The molecule has 100 valence electrons. The number of fused-ring (bicyclic) bond motifs is 1. The first-order chi connectivity index (χ1) is 9.00. The Morgan fingerprint density at radius 2 is 2.11 bits per heavy atom. The number of anilines is 1. The number of rotatable bonds is 4. The molecule has 0 fully saturated rings. The van der Waals surface area contributed by atoms with Gasteiger partial charge in [-0.2, -0.15) is 0 Å². The summed E-state index contributed by atoms with van der Waals surface area (Å²) in [4.78, 5) is 17.1. The number of nitro benzene ring substituents is 1. The second-order valence-corrected chi connectivity index (χ2v) is 5.03. The van der Waals surface area contributed by atoms with Crippen LogP contribution in [0.3, 0.4) is 0 Å². The lowest BCUT2D eigenvalue weighted by molar-refractivity contribution is -0.383. The minimum absolute atomic E-state index is 0.102. The van der Waals surface area contributed by atoms with Crippen LogP contribution in [0, 0.1) is 16.0 Å². The SMILES string of the molecule is CC(C)CN(C)c1ccc([N+](=O)[O-])c2cccnc12. The standard InChI is InChI=1S/C14H17N3O2/c1-10(2)9-16(3)13-7-6-12(17(18)19)11-5-4-8-15-14(11)13/h4-8,10H,9H2,1-3H3. The molecular formula is C14H17N3O2. The highest BCUT2D eigenvalue weighted by molar-refractivity contribution is 5.96. The first kappa shape index (κ1) is 13.3. The number of nitrogens with zero attached hydrogens (tertiary/aromatic N) is 3. The number of non-ortho nitro benzene ring substituents is 1. The molecule has 5 heteroatoms. The van der Waals surface area contributed by atoms with E-state index in [4.69, 9.17) is 0 Å². The molecule has 0 spiro atoms. The van der Waals surface area contributed by atoms with Crippen LogP contribution in [0.5, 0.6) is 0 Å². The molecule has 0 aliphatic heterocycles. The summed E-state index contributed by atoms with van der Waals surface area (Å²) in [5.41, 5.74) is 1.71. The van der Waals surface area contributed by atoms with E-state index < -0.39 is 0 Å². The van der Waals surface area contributed by atoms with Gasteiger partial charge in [-0.3, -0.25) is 15.1 Å². The molecule has 1 aromatic carbocycles. The summed E-state index contributed by atoms with van der Waals surface area (Å²) in [6, 6.07) is 6.79. The second kappa shape index (κ2) is 5.22. The van der Waals surface area contributed by atoms with Crippen molar-refractivity contribution in [3.8, 4) is 0 Å². The predicted molar refractivity (Wildman–Crippen MR) is 76.5 cm³/mol. The zero-order valence-corrected chi connectivity index (χ0v) is 11.3. The van der Waals surface area contributed by atoms with Crippen LogP contribution in [-0.4, -0.2) is 23.5 Å². The zero-order valence-electron chi connectivity index (χ0n) is 11.3. The van der Waals surface area contributed by atoms with Crippen molar-refractivity contribution in [3.05, 3.63) is 40.6 Å². The molecule has 0 bridgehead atoms. The maximum atomic E-state index is 11.0. The summed E-state index contributed by atoms with van der Waals surface area (Å²) < 4.78 is 0. The molecule has 2 rings (SSSR count). The molecule has 0 unspecified atom stereocenters.